The monoisotopic (exact) mass is 910 g/mol. The standard InChI is InChI=1S/C42H70O21/c1-5-39(43)60-29-23-51-11-9-47-17-19-55-33-37(58-27-21-49-13-15-53-25-31-62-41(45)7-3)35-57-36-38(59-28-22-50-14-16-54-26-32-63-42(46)8-4)34-56-20-18-48-10-12-52-24-30-61-40(44)6-2/h5-8,37-38H,1-4,9-36H2. The van der Waals surface area contributed by atoms with Crippen molar-refractivity contribution in [2.45, 2.75) is 12.2 Å². The van der Waals surface area contributed by atoms with Gasteiger partial charge in [-0.15, -0.1) is 0 Å². The molecule has 21 heteroatoms. The van der Waals surface area contributed by atoms with Gasteiger partial charge in [-0.1, -0.05) is 26.3 Å². The predicted octanol–water partition coefficient (Wildman–Crippen LogP) is 0.856. The van der Waals surface area contributed by atoms with Crippen LogP contribution < -0.4 is 0 Å². The summed E-state index contributed by atoms with van der Waals surface area (Å²) in [6.07, 6.45) is 3.43. The molecular formula is C42H70O21. The molecule has 2 atom stereocenters. The van der Waals surface area contributed by atoms with Crippen molar-refractivity contribution in [3.8, 4) is 0 Å². The maximum atomic E-state index is 11.1. The Morgan fingerprint density at radius 2 is 0.460 bits per heavy atom. The van der Waals surface area contributed by atoms with E-state index in [4.69, 9.17) is 80.5 Å². The second kappa shape index (κ2) is 47.8. The van der Waals surface area contributed by atoms with Crippen LogP contribution in [0, 0.1) is 0 Å². The highest BCUT2D eigenvalue weighted by Gasteiger charge is 2.15. The van der Waals surface area contributed by atoms with Gasteiger partial charge in [0.15, 0.2) is 0 Å². The molecule has 364 valence electrons. The summed E-state index contributed by atoms with van der Waals surface area (Å²) in [5.41, 5.74) is 0. The third-order valence-corrected chi connectivity index (χ3v) is 7.16. The number of carbonyl (C=O) groups excluding carboxylic acids is 4. The van der Waals surface area contributed by atoms with Crippen LogP contribution in [-0.4, -0.2) is 221 Å². The van der Waals surface area contributed by atoms with Crippen molar-refractivity contribution in [2.75, 3.05) is 185 Å². The van der Waals surface area contributed by atoms with Gasteiger partial charge in [0, 0.05) is 24.3 Å². The van der Waals surface area contributed by atoms with Crippen LogP contribution in [0.15, 0.2) is 50.6 Å². The van der Waals surface area contributed by atoms with Crippen molar-refractivity contribution < 1.29 is 99.7 Å². The summed E-state index contributed by atoms with van der Waals surface area (Å²) in [5.74, 6) is -2.04. The number of esters is 4. The first-order chi connectivity index (χ1) is 30.9. The SMILES string of the molecule is C=CC(=O)OCCOCCOCCOCC(COCC(COCCOCCOCCOC(=O)C=C)OCCOCCOCCOC(=O)C=C)OCCOCCOCCOC(=O)C=C. The van der Waals surface area contributed by atoms with E-state index >= 15 is 0 Å². The first-order valence-corrected chi connectivity index (χ1v) is 20.6. The summed E-state index contributed by atoms with van der Waals surface area (Å²) >= 11 is 0. The minimum absolute atomic E-state index is 0.120. The zero-order valence-corrected chi connectivity index (χ0v) is 36.7. The lowest BCUT2D eigenvalue weighted by Gasteiger charge is -2.22. The predicted molar refractivity (Wildman–Crippen MR) is 223 cm³/mol. The molecule has 0 aromatic heterocycles. The largest absolute Gasteiger partial charge is 0.460 e. The van der Waals surface area contributed by atoms with Crippen molar-refractivity contribution in [1.82, 2.24) is 0 Å². The summed E-state index contributed by atoms with van der Waals surface area (Å²) in [6.45, 7) is 20.4. The molecule has 0 aliphatic carbocycles. The third kappa shape index (κ3) is 44.7. The fourth-order valence-corrected chi connectivity index (χ4v) is 4.16. The second-order valence-corrected chi connectivity index (χ2v) is 12.1. The summed E-state index contributed by atoms with van der Waals surface area (Å²) in [4.78, 5) is 44.3. The van der Waals surface area contributed by atoms with Gasteiger partial charge in [-0.25, -0.2) is 19.2 Å². The van der Waals surface area contributed by atoms with E-state index in [2.05, 4.69) is 26.3 Å². The lowest BCUT2D eigenvalue weighted by molar-refractivity contribution is -0.140. The fourth-order valence-electron chi connectivity index (χ4n) is 4.16. The van der Waals surface area contributed by atoms with E-state index < -0.39 is 36.1 Å². The van der Waals surface area contributed by atoms with Gasteiger partial charge in [0.2, 0.25) is 0 Å². The Hall–Kier alpha value is -3.68. The van der Waals surface area contributed by atoms with E-state index in [1.165, 1.54) is 0 Å². The average Bonchev–Trinajstić information content (AvgIpc) is 3.29. The minimum atomic E-state index is -0.512. The number of carbonyl (C=O) groups is 4. The smallest absolute Gasteiger partial charge is 0.330 e. The molecule has 63 heavy (non-hydrogen) atoms. The number of hydrogen-bond donors (Lipinski definition) is 0. The molecule has 0 bridgehead atoms. The summed E-state index contributed by atoms with van der Waals surface area (Å²) < 4.78 is 92.8. The van der Waals surface area contributed by atoms with Crippen molar-refractivity contribution in [3.63, 3.8) is 0 Å². The van der Waals surface area contributed by atoms with Gasteiger partial charge in [-0.05, 0) is 0 Å². The van der Waals surface area contributed by atoms with Crippen molar-refractivity contribution in [1.29, 1.82) is 0 Å². The average molecular weight is 911 g/mol. The van der Waals surface area contributed by atoms with Gasteiger partial charge in [0.1, 0.15) is 38.6 Å². The van der Waals surface area contributed by atoms with Crippen LogP contribution in [0.3, 0.4) is 0 Å². The van der Waals surface area contributed by atoms with Crippen molar-refractivity contribution in [3.05, 3.63) is 50.6 Å². The Morgan fingerprint density at radius 1 is 0.270 bits per heavy atom. The Bertz CT molecular complexity index is 1070. The van der Waals surface area contributed by atoms with Crippen LogP contribution in [0.4, 0.5) is 0 Å². The maximum Gasteiger partial charge on any atom is 0.330 e. The molecule has 0 saturated carbocycles. The Morgan fingerprint density at radius 3 is 0.698 bits per heavy atom. The number of rotatable bonds is 50. The van der Waals surface area contributed by atoms with Gasteiger partial charge in [0.05, 0.1) is 159 Å². The van der Waals surface area contributed by atoms with Gasteiger partial charge < -0.3 is 80.5 Å². The van der Waals surface area contributed by atoms with Crippen LogP contribution in [0.25, 0.3) is 0 Å². The molecule has 21 nitrogen and oxygen atoms in total. The van der Waals surface area contributed by atoms with E-state index in [9.17, 15) is 19.2 Å². The maximum absolute atomic E-state index is 11.1. The van der Waals surface area contributed by atoms with Gasteiger partial charge >= 0.3 is 23.9 Å². The van der Waals surface area contributed by atoms with Crippen LogP contribution in [-0.2, 0) is 99.7 Å². The molecule has 0 aromatic carbocycles. The normalized spacial score (nSPS) is 11.9. The molecule has 0 aliphatic heterocycles. The van der Waals surface area contributed by atoms with Gasteiger partial charge in [-0.2, -0.15) is 0 Å². The highest BCUT2D eigenvalue weighted by atomic mass is 16.6. The first kappa shape index (κ1) is 59.3. The molecule has 0 spiro atoms. The lowest BCUT2D eigenvalue weighted by Crippen LogP contribution is -2.32. The van der Waals surface area contributed by atoms with Gasteiger partial charge in [-0.3, -0.25) is 0 Å². The molecule has 0 aromatic rings. The molecule has 0 aliphatic rings. The van der Waals surface area contributed by atoms with Crippen LogP contribution >= 0.6 is 0 Å². The molecule has 0 fully saturated rings. The molecule has 0 radical (unpaired) electrons. The molecule has 0 saturated heterocycles. The van der Waals surface area contributed by atoms with E-state index in [0.717, 1.165) is 24.3 Å². The minimum Gasteiger partial charge on any atom is -0.460 e. The highest BCUT2D eigenvalue weighted by Crippen LogP contribution is 2.02. The van der Waals surface area contributed by atoms with Crippen molar-refractivity contribution >= 4 is 23.9 Å². The van der Waals surface area contributed by atoms with E-state index in [1.54, 1.807) is 0 Å². The zero-order chi connectivity index (χ0) is 46.1. The van der Waals surface area contributed by atoms with Crippen LogP contribution in [0.5, 0.6) is 0 Å². The van der Waals surface area contributed by atoms with Crippen LogP contribution in [0.1, 0.15) is 0 Å². The van der Waals surface area contributed by atoms with Gasteiger partial charge in [0.25, 0.3) is 0 Å². The molecule has 0 rings (SSSR count). The summed E-state index contributed by atoms with van der Waals surface area (Å²) in [7, 11) is 0. The second-order valence-electron chi connectivity index (χ2n) is 12.1. The zero-order valence-electron chi connectivity index (χ0n) is 36.7. The number of hydrogen-bond acceptors (Lipinski definition) is 21. The topological polar surface area (TPSA) is 225 Å². The first-order valence-electron chi connectivity index (χ1n) is 20.6. The summed E-state index contributed by atoms with van der Waals surface area (Å²) in [5, 5.41) is 0. The van der Waals surface area contributed by atoms with E-state index in [1.807, 2.05) is 0 Å². The molecule has 0 amide bonds. The lowest BCUT2D eigenvalue weighted by atomic mass is 10.3. The molecule has 0 N–H and O–H groups in total. The molecule has 0 heterocycles. The van der Waals surface area contributed by atoms with Crippen LogP contribution in [0.2, 0.25) is 0 Å². The highest BCUT2D eigenvalue weighted by molar-refractivity contribution is 5.82. The number of ether oxygens (including phenoxy) is 17. The van der Waals surface area contributed by atoms with Crippen molar-refractivity contribution in [2.24, 2.45) is 0 Å². The Labute approximate surface area is 371 Å². The Kier molecular flexibility index (Phi) is 45.0. The third-order valence-electron chi connectivity index (χ3n) is 7.16. The fraction of sp³-hybridized carbons (Fsp3) is 0.714. The molecule has 2 unspecified atom stereocenters. The van der Waals surface area contributed by atoms with E-state index in [-0.39, 0.29) is 106 Å². The Balaban J connectivity index is 4.81. The van der Waals surface area contributed by atoms with E-state index in [0.29, 0.717) is 79.3 Å². The quantitative estimate of drug-likeness (QED) is 0.0357. The molecular weight excluding hydrogens is 840 g/mol. The summed E-state index contributed by atoms with van der Waals surface area (Å²) in [6, 6.07) is 0.